The molecule has 0 unspecified atom stereocenters. The van der Waals surface area contributed by atoms with Crippen LogP contribution in [0.15, 0.2) is 47.4 Å². The molecule has 0 bridgehead atoms. The second-order valence-electron chi connectivity index (χ2n) is 9.27. The summed E-state index contributed by atoms with van der Waals surface area (Å²) in [4.78, 5) is 26.6. The van der Waals surface area contributed by atoms with Crippen molar-refractivity contribution in [2.24, 2.45) is 0 Å². The van der Waals surface area contributed by atoms with E-state index in [2.05, 4.69) is 5.32 Å². The average molecular weight is 563 g/mol. The van der Waals surface area contributed by atoms with E-state index in [9.17, 15) is 27.9 Å². The maximum atomic E-state index is 13.6. The van der Waals surface area contributed by atoms with E-state index in [1.807, 2.05) is 24.3 Å². The largest absolute Gasteiger partial charge is 0.480 e. The molecular weight excluding hydrogens is 529 g/mol. The van der Waals surface area contributed by atoms with Gasteiger partial charge in [-0.15, -0.1) is 24.2 Å². The minimum atomic E-state index is -4.60. The maximum Gasteiger partial charge on any atom is 0.418 e. The van der Waals surface area contributed by atoms with Gasteiger partial charge in [0.1, 0.15) is 4.75 Å². The molecule has 206 valence electrons. The van der Waals surface area contributed by atoms with Gasteiger partial charge in [0.25, 0.3) is 0 Å². The standard InChI is InChI=1S/C26H33F3N2O4S.ClH/c1-17(2)19-8-11-22(21(14-19)26(27,28)29)30-23(32)16-31(12-13-35-5)15-18-6-9-20(10-7-18)36-25(3,4)24(33)34;/h6-11,14,17H,12-13,15-16H2,1-5H3,(H,30,32)(H,33,34);1H. The van der Waals surface area contributed by atoms with Gasteiger partial charge in [-0.25, -0.2) is 0 Å². The van der Waals surface area contributed by atoms with Gasteiger partial charge in [0, 0.05) is 25.1 Å². The number of rotatable bonds is 12. The number of alkyl halides is 3. The number of hydrogen-bond acceptors (Lipinski definition) is 5. The van der Waals surface area contributed by atoms with Crippen molar-refractivity contribution in [2.75, 3.05) is 32.1 Å². The number of nitrogens with one attached hydrogen (secondary N) is 1. The van der Waals surface area contributed by atoms with Crippen molar-refractivity contribution in [3.8, 4) is 0 Å². The summed E-state index contributed by atoms with van der Waals surface area (Å²) >= 11 is 1.22. The molecule has 2 N–H and O–H groups in total. The number of carbonyl (C=O) groups is 2. The van der Waals surface area contributed by atoms with Crippen LogP contribution < -0.4 is 5.32 Å². The number of aliphatic carboxylic acids is 1. The van der Waals surface area contributed by atoms with Crippen LogP contribution in [0.3, 0.4) is 0 Å². The highest BCUT2D eigenvalue weighted by Gasteiger charge is 2.34. The smallest absolute Gasteiger partial charge is 0.418 e. The van der Waals surface area contributed by atoms with Gasteiger partial charge >= 0.3 is 12.1 Å². The van der Waals surface area contributed by atoms with E-state index in [-0.39, 0.29) is 30.6 Å². The lowest BCUT2D eigenvalue weighted by molar-refractivity contribution is -0.139. The Bertz CT molecular complexity index is 1050. The van der Waals surface area contributed by atoms with Crippen molar-refractivity contribution in [1.82, 2.24) is 4.90 Å². The first kappa shape index (κ1) is 32.8. The van der Waals surface area contributed by atoms with Gasteiger partial charge in [-0.3, -0.25) is 14.5 Å². The van der Waals surface area contributed by atoms with E-state index in [1.165, 1.54) is 24.9 Å². The Morgan fingerprint density at radius 1 is 1.11 bits per heavy atom. The second-order valence-corrected chi connectivity index (χ2v) is 11.0. The third kappa shape index (κ3) is 10.2. The molecule has 2 rings (SSSR count). The van der Waals surface area contributed by atoms with Gasteiger partial charge in [-0.2, -0.15) is 13.2 Å². The van der Waals surface area contributed by atoms with Crippen LogP contribution in [0.2, 0.25) is 0 Å². The van der Waals surface area contributed by atoms with E-state index in [1.54, 1.807) is 38.7 Å². The topological polar surface area (TPSA) is 78.9 Å². The molecule has 0 saturated carbocycles. The number of methoxy groups -OCH3 is 1. The minimum Gasteiger partial charge on any atom is -0.480 e. The minimum absolute atomic E-state index is 0. The molecule has 0 fully saturated rings. The molecule has 37 heavy (non-hydrogen) atoms. The monoisotopic (exact) mass is 562 g/mol. The normalized spacial score (nSPS) is 11.9. The van der Waals surface area contributed by atoms with Crippen molar-refractivity contribution in [2.45, 2.75) is 56.0 Å². The van der Waals surface area contributed by atoms with Gasteiger partial charge < -0.3 is 15.2 Å². The molecule has 0 saturated heterocycles. The predicted octanol–water partition coefficient (Wildman–Crippen LogP) is 6.29. The first-order chi connectivity index (χ1) is 16.7. The fraction of sp³-hybridized carbons (Fsp3) is 0.462. The first-order valence-corrected chi connectivity index (χ1v) is 12.3. The van der Waals surface area contributed by atoms with Gasteiger partial charge in [0.05, 0.1) is 24.4 Å². The molecule has 0 heterocycles. The summed E-state index contributed by atoms with van der Waals surface area (Å²) in [6, 6.07) is 11.3. The Balaban J connectivity index is 0.00000684. The van der Waals surface area contributed by atoms with Gasteiger partial charge in [-0.1, -0.05) is 32.0 Å². The second kappa shape index (κ2) is 14.0. The summed E-state index contributed by atoms with van der Waals surface area (Å²) in [5.74, 6) is -1.56. The number of thioether (sulfide) groups is 1. The zero-order chi connectivity index (χ0) is 27.1. The Labute approximate surface area is 226 Å². The van der Waals surface area contributed by atoms with Crippen LogP contribution in [0.25, 0.3) is 0 Å². The summed E-state index contributed by atoms with van der Waals surface area (Å²) in [5, 5.41) is 11.7. The van der Waals surface area contributed by atoms with Crippen LogP contribution in [-0.2, 0) is 27.0 Å². The van der Waals surface area contributed by atoms with Crippen molar-refractivity contribution in [3.05, 3.63) is 59.2 Å². The molecule has 11 heteroatoms. The quantitative estimate of drug-likeness (QED) is 0.296. The lowest BCUT2D eigenvalue weighted by Crippen LogP contribution is -2.35. The highest BCUT2D eigenvalue weighted by Crippen LogP contribution is 2.37. The van der Waals surface area contributed by atoms with Crippen LogP contribution in [0.5, 0.6) is 0 Å². The molecule has 2 aromatic carbocycles. The fourth-order valence-corrected chi connectivity index (χ4v) is 4.30. The van der Waals surface area contributed by atoms with E-state index >= 15 is 0 Å². The molecule has 0 aliphatic carbocycles. The van der Waals surface area contributed by atoms with E-state index in [0.29, 0.717) is 25.3 Å². The fourth-order valence-electron chi connectivity index (χ4n) is 3.35. The highest BCUT2D eigenvalue weighted by molar-refractivity contribution is 8.01. The van der Waals surface area contributed by atoms with Crippen LogP contribution in [-0.4, -0.2) is 53.4 Å². The summed E-state index contributed by atoms with van der Waals surface area (Å²) < 4.78 is 45.0. The number of ether oxygens (including phenoxy) is 1. The molecule has 0 aliphatic rings. The van der Waals surface area contributed by atoms with E-state index in [4.69, 9.17) is 4.74 Å². The predicted molar refractivity (Wildman–Crippen MR) is 143 cm³/mol. The molecule has 2 aromatic rings. The van der Waals surface area contributed by atoms with Crippen molar-refractivity contribution < 1.29 is 32.6 Å². The summed E-state index contributed by atoms with van der Waals surface area (Å²) in [6.07, 6.45) is -4.60. The van der Waals surface area contributed by atoms with Gasteiger partial charge in [0.15, 0.2) is 0 Å². The number of nitrogens with zero attached hydrogens (tertiary/aromatic N) is 1. The van der Waals surface area contributed by atoms with Crippen molar-refractivity contribution in [1.29, 1.82) is 0 Å². The van der Waals surface area contributed by atoms with Gasteiger partial charge in [0.2, 0.25) is 5.91 Å². The lowest BCUT2D eigenvalue weighted by atomic mass is 9.99. The molecule has 0 radical (unpaired) electrons. The zero-order valence-corrected chi connectivity index (χ0v) is 23.1. The van der Waals surface area contributed by atoms with E-state index in [0.717, 1.165) is 16.5 Å². The Kier molecular flexibility index (Phi) is 12.4. The Morgan fingerprint density at radius 2 is 1.73 bits per heavy atom. The first-order valence-electron chi connectivity index (χ1n) is 11.5. The molecule has 0 aromatic heterocycles. The average Bonchev–Trinajstić information content (AvgIpc) is 2.77. The highest BCUT2D eigenvalue weighted by atomic mass is 35.5. The Morgan fingerprint density at radius 3 is 2.24 bits per heavy atom. The Hall–Kier alpha value is -2.27. The molecular formula is C26H34ClF3N2O4S. The molecule has 1 amide bonds. The number of carboxylic acid groups (broad SMARTS) is 1. The number of carboxylic acids is 1. The molecule has 6 nitrogen and oxygen atoms in total. The SMILES string of the molecule is COCCN(CC(=O)Nc1ccc(C(C)C)cc1C(F)(F)F)Cc1ccc(SC(C)(C)C(=O)O)cc1.Cl. The third-order valence-corrected chi connectivity index (χ3v) is 6.68. The van der Waals surface area contributed by atoms with Gasteiger partial charge in [-0.05, 0) is 55.2 Å². The van der Waals surface area contributed by atoms with Crippen LogP contribution >= 0.6 is 24.2 Å². The van der Waals surface area contributed by atoms with Crippen LogP contribution in [0, 0.1) is 0 Å². The zero-order valence-electron chi connectivity index (χ0n) is 21.5. The number of halogens is 4. The summed E-state index contributed by atoms with van der Waals surface area (Å²) in [7, 11) is 1.53. The van der Waals surface area contributed by atoms with Crippen LogP contribution in [0.4, 0.5) is 18.9 Å². The maximum absolute atomic E-state index is 13.6. The summed E-state index contributed by atoms with van der Waals surface area (Å²) in [5.41, 5.74) is 0.262. The lowest BCUT2D eigenvalue weighted by Gasteiger charge is -2.23. The van der Waals surface area contributed by atoms with Crippen molar-refractivity contribution >= 4 is 41.7 Å². The molecule has 0 aliphatic heterocycles. The summed E-state index contributed by atoms with van der Waals surface area (Å²) in [6.45, 7) is 7.83. The number of anilines is 1. The molecule has 0 spiro atoms. The third-order valence-electron chi connectivity index (χ3n) is 5.49. The number of benzene rings is 2. The molecule has 0 atom stereocenters. The number of hydrogen-bond donors (Lipinski definition) is 2. The number of amides is 1. The van der Waals surface area contributed by atoms with Crippen LogP contribution in [0.1, 0.15) is 50.3 Å². The number of carbonyl (C=O) groups excluding carboxylic acids is 1. The van der Waals surface area contributed by atoms with Crippen molar-refractivity contribution in [3.63, 3.8) is 0 Å². The van der Waals surface area contributed by atoms with E-state index < -0.39 is 28.4 Å².